The molecule has 0 atom stereocenters. The fraction of sp³-hybridized carbons (Fsp3) is 0.500. The summed E-state index contributed by atoms with van der Waals surface area (Å²) in [7, 11) is 3.30. The molecule has 9 heteroatoms. The zero-order valence-electron chi connectivity index (χ0n) is 17.2. The number of rotatable bonds is 4. The second-order valence-corrected chi connectivity index (χ2v) is 8.56. The Morgan fingerprint density at radius 3 is 2.79 bits per heavy atom. The lowest BCUT2D eigenvalue weighted by atomic mass is 10.0. The maximum Gasteiger partial charge on any atom is 0.257 e. The number of anilines is 2. The van der Waals surface area contributed by atoms with E-state index in [4.69, 9.17) is 4.74 Å². The Bertz CT molecular complexity index is 973. The van der Waals surface area contributed by atoms with Crippen molar-refractivity contribution in [3.05, 3.63) is 33.6 Å². The molecule has 0 fully saturated rings. The van der Waals surface area contributed by atoms with Crippen LogP contribution in [0.5, 0.6) is 0 Å². The molecule has 2 aliphatic rings. The van der Waals surface area contributed by atoms with E-state index in [2.05, 4.69) is 14.9 Å². The Labute approximate surface area is 174 Å². The number of amides is 2. The molecule has 2 amide bonds. The maximum atomic E-state index is 13.1. The molecule has 8 nitrogen and oxygen atoms in total. The van der Waals surface area contributed by atoms with Gasteiger partial charge in [-0.05, 0) is 25.8 Å². The number of methoxy groups -OCH3 is 1. The average Bonchev–Trinajstić information content (AvgIpc) is 3.03. The number of nitrogens with zero attached hydrogens (tertiary/aromatic N) is 5. The summed E-state index contributed by atoms with van der Waals surface area (Å²) in [6.45, 7) is 6.28. The van der Waals surface area contributed by atoms with Crippen LogP contribution >= 0.6 is 11.3 Å². The standard InChI is InChI=1S/C20H25N5O3S/c1-12-9-21-13(2)18(22-12)24-6-5-14-15(10-24)29-20-17(14)19(27)23(3)11-16(26)25(20)7-8-28-4/h9H,5-8,10-11H2,1-4H3. The number of aryl methyl sites for hydroxylation is 2. The predicted octanol–water partition coefficient (Wildman–Crippen LogP) is 1.78. The van der Waals surface area contributed by atoms with Crippen LogP contribution < -0.4 is 9.80 Å². The number of fused-ring (bicyclic) bond motifs is 3. The minimum absolute atomic E-state index is 0.0764. The molecular weight excluding hydrogens is 390 g/mol. The third-order valence-electron chi connectivity index (χ3n) is 5.39. The van der Waals surface area contributed by atoms with E-state index in [9.17, 15) is 9.59 Å². The van der Waals surface area contributed by atoms with E-state index in [1.54, 1.807) is 25.3 Å². The quantitative estimate of drug-likeness (QED) is 0.758. The summed E-state index contributed by atoms with van der Waals surface area (Å²) in [5, 5.41) is 0.750. The molecule has 2 aromatic rings. The minimum atomic E-state index is -0.0780. The highest BCUT2D eigenvalue weighted by atomic mass is 32.1. The van der Waals surface area contributed by atoms with E-state index in [0.717, 1.165) is 45.6 Å². The van der Waals surface area contributed by atoms with Gasteiger partial charge in [0, 0.05) is 31.8 Å². The molecule has 2 aromatic heterocycles. The molecule has 4 rings (SSSR count). The molecule has 0 saturated carbocycles. The molecule has 0 unspecified atom stereocenters. The SMILES string of the molecule is COCCN1C(=O)CN(C)C(=O)c2c1sc1c2CCN(c2nc(C)cnc2C)C1. The summed E-state index contributed by atoms with van der Waals surface area (Å²) >= 11 is 1.54. The highest BCUT2D eigenvalue weighted by Gasteiger charge is 2.37. The summed E-state index contributed by atoms with van der Waals surface area (Å²) in [5.41, 5.74) is 3.52. The van der Waals surface area contributed by atoms with E-state index in [-0.39, 0.29) is 18.4 Å². The Balaban J connectivity index is 1.74. The molecule has 0 aliphatic carbocycles. The third-order valence-corrected chi connectivity index (χ3v) is 6.63. The number of likely N-dealkylation sites (N-methyl/N-ethyl adjacent to an activating group) is 1. The van der Waals surface area contributed by atoms with Crippen molar-refractivity contribution < 1.29 is 14.3 Å². The molecule has 2 aliphatic heterocycles. The fourth-order valence-corrected chi connectivity index (χ4v) is 5.27. The summed E-state index contributed by atoms with van der Waals surface area (Å²) in [5.74, 6) is 0.730. The molecule has 0 bridgehead atoms. The molecule has 0 spiro atoms. The molecule has 0 N–H and O–H groups in total. The van der Waals surface area contributed by atoms with Gasteiger partial charge >= 0.3 is 0 Å². The van der Waals surface area contributed by atoms with Crippen molar-refractivity contribution in [3.63, 3.8) is 0 Å². The van der Waals surface area contributed by atoms with Crippen LogP contribution in [0.2, 0.25) is 0 Å². The van der Waals surface area contributed by atoms with Crippen LogP contribution in [0.25, 0.3) is 0 Å². The van der Waals surface area contributed by atoms with Crippen LogP contribution in [0.1, 0.15) is 32.2 Å². The van der Waals surface area contributed by atoms with Gasteiger partial charge < -0.3 is 14.5 Å². The Kier molecular flexibility index (Phi) is 5.26. The van der Waals surface area contributed by atoms with Crippen molar-refractivity contribution in [3.8, 4) is 0 Å². The third kappa shape index (κ3) is 3.49. The summed E-state index contributed by atoms with van der Waals surface area (Å²) in [6.07, 6.45) is 2.51. The predicted molar refractivity (Wildman–Crippen MR) is 112 cm³/mol. The highest BCUT2D eigenvalue weighted by molar-refractivity contribution is 7.17. The second-order valence-electron chi connectivity index (χ2n) is 7.48. The fourth-order valence-electron chi connectivity index (χ4n) is 3.88. The van der Waals surface area contributed by atoms with Crippen molar-refractivity contribution >= 4 is 34.0 Å². The first-order valence-corrected chi connectivity index (χ1v) is 10.5. The van der Waals surface area contributed by atoms with Gasteiger partial charge in [-0.15, -0.1) is 11.3 Å². The van der Waals surface area contributed by atoms with E-state index in [1.807, 2.05) is 13.8 Å². The molecule has 0 saturated heterocycles. The summed E-state index contributed by atoms with van der Waals surface area (Å²) < 4.78 is 5.19. The molecular formula is C20H25N5O3S. The van der Waals surface area contributed by atoms with Crippen molar-refractivity contribution in [1.29, 1.82) is 0 Å². The van der Waals surface area contributed by atoms with E-state index < -0.39 is 0 Å². The van der Waals surface area contributed by atoms with Gasteiger partial charge in [0.1, 0.15) is 11.5 Å². The van der Waals surface area contributed by atoms with Crippen LogP contribution in [0.15, 0.2) is 6.20 Å². The summed E-state index contributed by atoms with van der Waals surface area (Å²) in [6, 6.07) is 0. The van der Waals surface area contributed by atoms with Crippen molar-refractivity contribution in [2.45, 2.75) is 26.8 Å². The smallest absolute Gasteiger partial charge is 0.257 e. The van der Waals surface area contributed by atoms with Crippen molar-refractivity contribution in [2.75, 3.05) is 50.2 Å². The van der Waals surface area contributed by atoms with Crippen LogP contribution in [0, 0.1) is 13.8 Å². The highest BCUT2D eigenvalue weighted by Crippen LogP contribution is 2.42. The number of aromatic nitrogens is 2. The first kappa shape index (κ1) is 19.8. The lowest BCUT2D eigenvalue weighted by molar-refractivity contribution is -0.119. The van der Waals surface area contributed by atoms with Gasteiger partial charge in [-0.1, -0.05) is 0 Å². The van der Waals surface area contributed by atoms with E-state index in [1.165, 1.54) is 16.2 Å². The molecule has 0 aromatic carbocycles. The van der Waals surface area contributed by atoms with Gasteiger partial charge in [-0.2, -0.15) is 0 Å². The number of carbonyl (C=O) groups is 2. The molecule has 4 heterocycles. The normalized spacial score (nSPS) is 16.8. The zero-order chi connectivity index (χ0) is 20.7. The minimum Gasteiger partial charge on any atom is -0.383 e. The van der Waals surface area contributed by atoms with E-state index >= 15 is 0 Å². The van der Waals surface area contributed by atoms with Crippen molar-refractivity contribution in [1.82, 2.24) is 14.9 Å². The average molecular weight is 416 g/mol. The van der Waals surface area contributed by atoms with Crippen LogP contribution in [-0.2, 0) is 22.5 Å². The Morgan fingerprint density at radius 1 is 1.24 bits per heavy atom. The maximum absolute atomic E-state index is 13.1. The van der Waals surface area contributed by atoms with Gasteiger partial charge in [0.2, 0.25) is 5.91 Å². The molecule has 29 heavy (non-hydrogen) atoms. The lowest BCUT2D eigenvalue weighted by Crippen LogP contribution is -2.39. The van der Waals surface area contributed by atoms with Gasteiger partial charge in [-0.3, -0.25) is 19.5 Å². The number of hydrogen-bond donors (Lipinski definition) is 0. The van der Waals surface area contributed by atoms with Gasteiger partial charge in [0.15, 0.2) is 5.82 Å². The summed E-state index contributed by atoms with van der Waals surface area (Å²) in [4.78, 5) is 41.5. The topological polar surface area (TPSA) is 78.9 Å². The van der Waals surface area contributed by atoms with Gasteiger partial charge in [0.05, 0.1) is 36.6 Å². The second kappa shape index (κ2) is 7.72. The number of ether oxygens (including phenoxy) is 1. The van der Waals surface area contributed by atoms with Crippen LogP contribution in [0.3, 0.4) is 0 Å². The monoisotopic (exact) mass is 415 g/mol. The molecule has 0 radical (unpaired) electrons. The Morgan fingerprint density at radius 2 is 2.03 bits per heavy atom. The van der Waals surface area contributed by atoms with Gasteiger partial charge in [-0.25, -0.2) is 4.98 Å². The molecule has 154 valence electrons. The van der Waals surface area contributed by atoms with Crippen molar-refractivity contribution in [2.24, 2.45) is 0 Å². The first-order valence-electron chi connectivity index (χ1n) is 9.65. The van der Waals surface area contributed by atoms with Gasteiger partial charge in [0.25, 0.3) is 5.91 Å². The van der Waals surface area contributed by atoms with Crippen LogP contribution in [-0.4, -0.2) is 67.1 Å². The van der Waals surface area contributed by atoms with Crippen LogP contribution in [0.4, 0.5) is 10.8 Å². The number of carbonyl (C=O) groups excluding carboxylic acids is 2. The largest absolute Gasteiger partial charge is 0.383 e. The number of thiophene rings is 1. The van der Waals surface area contributed by atoms with E-state index in [0.29, 0.717) is 25.3 Å². The zero-order valence-corrected chi connectivity index (χ0v) is 18.0. The first-order chi connectivity index (χ1) is 13.9. The Hall–Kier alpha value is -2.52. The lowest BCUT2D eigenvalue weighted by Gasteiger charge is -2.29. The number of hydrogen-bond acceptors (Lipinski definition) is 7.